The van der Waals surface area contributed by atoms with Crippen molar-refractivity contribution >= 4 is 17.2 Å². The van der Waals surface area contributed by atoms with E-state index in [2.05, 4.69) is 20.6 Å². The highest BCUT2D eigenvalue weighted by Crippen LogP contribution is 2.43. The summed E-state index contributed by atoms with van der Waals surface area (Å²) in [5, 5.41) is 12.7. The number of aromatic nitrogens is 3. The largest absolute Gasteiger partial charge is 0.361 e. The van der Waals surface area contributed by atoms with Crippen molar-refractivity contribution < 1.29 is 13.8 Å². The molecule has 0 aliphatic heterocycles. The normalized spacial score (nSPS) is 16.2. The lowest BCUT2D eigenvalue weighted by Gasteiger charge is -2.26. The molecule has 3 aromatic heterocycles. The Bertz CT molecular complexity index is 862. The van der Waals surface area contributed by atoms with Crippen molar-refractivity contribution in [3.8, 4) is 11.5 Å². The van der Waals surface area contributed by atoms with Gasteiger partial charge in [-0.15, -0.1) is 11.3 Å². The second-order valence-corrected chi connectivity index (χ2v) is 7.23. The zero-order valence-electron chi connectivity index (χ0n) is 13.8. The van der Waals surface area contributed by atoms with E-state index in [1.807, 2.05) is 17.5 Å². The fourth-order valence-corrected chi connectivity index (χ4v) is 4.33. The smallest absolute Gasteiger partial charge is 0.246 e. The third kappa shape index (κ3) is 2.97. The second-order valence-electron chi connectivity index (χ2n) is 6.28. The Morgan fingerprint density at radius 1 is 1.32 bits per heavy atom. The SMILES string of the molecule is Cc1cc(-c2noc(CNC(=O)C3(c4cccs4)CCCC3)n2)no1. The first-order valence-corrected chi connectivity index (χ1v) is 9.14. The van der Waals surface area contributed by atoms with Crippen molar-refractivity contribution in [1.82, 2.24) is 20.6 Å². The summed E-state index contributed by atoms with van der Waals surface area (Å²) in [5.74, 6) is 1.41. The minimum absolute atomic E-state index is 0.0319. The Morgan fingerprint density at radius 3 is 2.84 bits per heavy atom. The fraction of sp³-hybridized carbons (Fsp3) is 0.412. The number of aryl methyl sites for hydroxylation is 1. The molecule has 1 amide bonds. The van der Waals surface area contributed by atoms with Crippen LogP contribution < -0.4 is 5.32 Å². The van der Waals surface area contributed by atoms with Crippen LogP contribution in [-0.4, -0.2) is 21.2 Å². The van der Waals surface area contributed by atoms with Gasteiger partial charge in [-0.25, -0.2) is 0 Å². The predicted molar refractivity (Wildman–Crippen MR) is 90.8 cm³/mol. The molecule has 0 radical (unpaired) electrons. The van der Waals surface area contributed by atoms with Gasteiger partial charge in [-0.2, -0.15) is 4.98 Å². The van der Waals surface area contributed by atoms with Crippen LogP contribution in [0.2, 0.25) is 0 Å². The lowest BCUT2D eigenvalue weighted by molar-refractivity contribution is -0.126. The zero-order valence-corrected chi connectivity index (χ0v) is 14.6. The van der Waals surface area contributed by atoms with Gasteiger partial charge in [-0.1, -0.05) is 29.2 Å². The van der Waals surface area contributed by atoms with Gasteiger partial charge in [-0.05, 0) is 31.2 Å². The summed E-state index contributed by atoms with van der Waals surface area (Å²) in [6.45, 7) is 2.00. The summed E-state index contributed by atoms with van der Waals surface area (Å²) in [4.78, 5) is 18.3. The second kappa shape index (κ2) is 6.44. The van der Waals surface area contributed by atoms with Crippen molar-refractivity contribution in [2.45, 2.75) is 44.6 Å². The Hall–Kier alpha value is -2.48. The molecule has 0 bridgehead atoms. The molecular formula is C17H18N4O3S. The molecule has 3 heterocycles. The maximum Gasteiger partial charge on any atom is 0.246 e. The molecule has 1 aliphatic carbocycles. The van der Waals surface area contributed by atoms with Crippen LogP contribution in [-0.2, 0) is 16.8 Å². The average molecular weight is 358 g/mol. The molecule has 0 atom stereocenters. The van der Waals surface area contributed by atoms with Crippen LogP contribution >= 0.6 is 11.3 Å². The third-order valence-corrected chi connectivity index (χ3v) is 5.68. The van der Waals surface area contributed by atoms with E-state index in [0.29, 0.717) is 23.2 Å². The topological polar surface area (TPSA) is 94.1 Å². The molecule has 0 aromatic carbocycles. The van der Waals surface area contributed by atoms with E-state index in [1.165, 1.54) is 0 Å². The van der Waals surface area contributed by atoms with Gasteiger partial charge in [0.15, 0.2) is 5.69 Å². The van der Waals surface area contributed by atoms with Crippen molar-refractivity contribution in [2.24, 2.45) is 0 Å². The van der Waals surface area contributed by atoms with Crippen LogP contribution in [0.5, 0.6) is 0 Å². The molecule has 130 valence electrons. The maximum absolute atomic E-state index is 12.9. The molecule has 8 heteroatoms. The Labute approximate surface area is 148 Å². The molecule has 0 spiro atoms. The van der Waals surface area contributed by atoms with Crippen LogP contribution in [0, 0.1) is 6.92 Å². The number of nitrogens with zero attached hydrogens (tertiary/aromatic N) is 3. The van der Waals surface area contributed by atoms with E-state index in [1.54, 1.807) is 24.3 Å². The highest BCUT2D eigenvalue weighted by atomic mass is 32.1. The van der Waals surface area contributed by atoms with Crippen molar-refractivity contribution in [3.63, 3.8) is 0 Å². The fourth-order valence-electron chi connectivity index (χ4n) is 3.34. The monoisotopic (exact) mass is 358 g/mol. The number of hydrogen-bond acceptors (Lipinski definition) is 7. The Morgan fingerprint density at radius 2 is 2.16 bits per heavy atom. The summed E-state index contributed by atoms with van der Waals surface area (Å²) in [7, 11) is 0. The van der Waals surface area contributed by atoms with Gasteiger partial charge in [0.2, 0.25) is 17.6 Å². The minimum atomic E-state index is -0.416. The molecule has 4 rings (SSSR count). The molecule has 1 saturated carbocycles. The summed E-state index contributed by atoms with van der Waals surface area (Å²) in [6, 6.07) is 5.78. The third-order valence-electron chi connectivity index (χ3n) is 4.61. The molecule has 1 fully saturated rings. The number of carbonyl (C=O) groups excluding carboxylic acids is 1. The predicted octanol–water partition coefficient (Wildman–Crippen LogP) is 3.22. The van der Waals surface area contributed by atoms with Gasteiger partial charge in [-0.3, -0.25) is 4.79 Å². The molecule has 1 aliphatic rings. The first-order valence-electron chi connectivity index (χ1n) is 8.26. The summed E-state index contributed by atoms with van der Waals surface area (Å²) >= 11 is 1.64. The molecule has 0 saturated heterocycles. The number of hydrogen-bond donors (Lipinski definition) is 1. The van der Waals surface area contributed by atoms with Gasteiger partial charge in [0.05, 0.1) is 12.0 Å². The van der Waals surface area contributed by atoms with E-state index in [-0.39, 0.29) is 12.5 Å². The standard InChI is InChI=1S/C17H18N4O3S/c1-11-9-12(20-23-11)15-19-14(24-21-15)10-18-16(22)17(6-2-3-7-17)13-5-4-8-25-13/h4-5,8-9H,2-3,6-7,10H2,1H3,(H,18,22). The number of carbonyl (C=O) groups is 1. The lowest BCUT2D eigenvalue weighted by atomic mass is 9.83. The highest BCUT2D eigenvalue weighted by molar-refractivity contribution is 7.10. The summed E-state index contributed by atoms with van der Waals surface area (Å²) in [6.07, 6.45) is 3.91. The van der Waals surface area contributed by atoms with Crippen LogP contribution in [0.3, 0.4) is 0 Å². The van der Waals surface area contributed by atoms with Crippen molar-refractivity contribution in [2.75, 3.05) is 0 Å². The lowest BCUT2D eigenvalue weighted by Crippen LogP contribution is -2.41. The zero-order chi connectivity index (χ0) is 17.3. The van der Waals surface area contributed by atoms with Gasteiger partial charge in [0.25, 0.3) is 0 Å². The molecule has 7 nitrogen and oxygen atoms in total. The van der Waals surface area contributed by atoms with Gasteiger partial charge in [0, 0.05) is 10.9 Å². The van der Waals surface area contributed by atoms with E-state index >= 15 is 0 Å². The average Bonchev–Trinajstić information content (AvgIpc) is 3.39. The molecule has 0 unspecified atom stereocenters. The van der Waals surface area contributed by atoms with Gasteiger partial charge < -0.3 is 14.4 Å². The molecule has 1 N–H and O–H groups in total. The summed E-state index contributed by atoms with van der Waals surface area (Å²) in [5.41, 5.74) is 0.102. The Kier molecular flexibility index (Phi) is 4.12. The van der Waals surface area contributed by atoms with E-state index in [4.69, 9.17) is 9.05 Å². The first-order chi connectivity index (χ1) is 12.2. The number of thiophene rings is 1. The van der Waals surface area contributed by atoms with Crippen molar-refractivity contribution in [3.05, 3.63) is 40.1 Å². The van der Waals surface area contributed by atoms with E-state index in [9.17, 15) is 4.79 Å². The molecule has 25 heavy (non-hydrogen) atoms. The highest BCUT2D eigenvalue weighted by Gasteiger charge is 2.43. The van der Waals surface area contributed by atoms with Crippen LogP contribution in [0.4, 0.5) is 0 Å². The van der Waals surface area contributed by atoms with E-state index < -0.39 is 5.41 Å². The number of amides is 1. The van der Waals surface area contributed by atoms with Gasteiger partial charge in [0.1, 0.15) is 5.76 Å². The maximum atomic E-state index is 12.9. The quantitative estimate of drug-likeness (QED) is 0.752. The van der Waals surface area contributed by atoms with Crippen LogP contribution in [0.1, 0.15) is 42.2 Å². The summed E-state index contributed by atoms with van der Waals surface area (Å²) < 4.78 is 10.2. The van der Waals surface area contributed by atoms with Gasteiger partial charge >= 0.3 is 0 Å². The number of rotatable bonds is 5. The first kappa shape index (κ1) is 16.0. The molecular weight excluding hydrogens is 340 g/mol. The van der Waals surface area contributed by atoms with Crippen LogP contribution in [0.15, 0.2) is 32.6 Å². The van der Waals surface area contributed by atoms with E-state index in [0.717, 1.165) is 30.6 Å². The van der Waals surface area contributed by atoms with Crippen molar-refractivity contribution in [1.29, 1.82) is 0 Å². The Balaban J connectivity index is 1.46. The minimum Gasteiger partial charge on any atom is -0.361 e. The molecule has 3 aromatic rings. The number of nitrogens with one attached hydrogen (secondary N) is 1. The van der Waals surface area contributed by atoms with Crippen LogP contribution in [0.25, 0.3) is 11.5 Å².